The Morgan fingerprint density at radius 1 is 1.18 bits per heavy atom. The van der Waals surface area contributed by atoms with Crippen LogP contribution in [0.2, 0.25) is 5.02 Å². The van der Waals surface area contributed by atoms with Crippen LogP contribution in [0.15, 0.2) is 45.5 Å². The molecule has 0 unspecified atom stereocenters. The van der Waals surface area contributed by atoms with Gasteiger partial charge in [0.25, 0.3) is 0 Å². The molecule has 1 aromatic heterocycles. The molecule has 5 heteroatoms. The molecule has 1 aromatic carbocycles. The lowest BCUT2D eigenvalue weighted by Crippen LogP contribution is -1.97. The highest BCUT2D eigenvalue weighted by Crippen LogP contribution is 2.25. The van der Waals surface area contributed by atoms with E-state index in [1.165, 1.54) is 0 Å². The van der Waals surface area contributed by atoms with E-state index in [1.54, 1.807) is 12.3 Å². The maximum Gasteiger partial charge on any atom is 0.228 e. The van der Waals surface area contributed by atoms with Gasteiger partial charge in [0.1, 0.15) is 6.61 Å². The first-order valence-electron chi connectivity index (χ1n) is 4.83. The van der Waals surface area contributed by atoms with Crippen molar-refractivity contribution in [2.45, 2.75) is 6.61 Å². The third-order valence-electron chi connectivity index (χ3n) is 2.06. The number of hydrogen-bond donors (Lipinski definition) is 0. The van der Waals surface area contributed by atoms with Crippen LogP contribution in [0.25, 0.3) is 0 Å². The van der Waals surface area contributed by atoms with Gasteiger partial charge in [0.15, 0.2) is 0 Å². The average Bonchev–Trinajstić information content (AvgIpc) is 2.30. The van der Waals surface area contributed by atoms with Crippen molar-refractivity contribution >= 4 is 43.5 Å². The number of rotatable bonds is 3. The molecular weight excluding hydrogens is 369 g/mol. The van der Waals surface area contributed by atoms with Crippen molar-refractivity contribution in [3.63, 3.8) is 0 Å². The molecule has 2 aromatic rings. The molecule has 0 spiro atoms. The smallest absolute Gasteiger partial charge is 0.228 e. The van der Waals surface area contributed by atoms with Gasteiger partial charge in [-0.1, -0.05) is 39.7 Å². The van der Waals surface area contributed by atoms with Gasteiger partial charge in [0.2, 0.25) is 5.88 Å². The molecule has 0 bridgehead atoms. The highest BCUT2D eigenvalue weighted by atomic mass is 79.9. The van der Waals surface area contributed by atoms with Crippen molar-refractivity contribution in [1.82, 2.24) is 4.98 Å². The lowest BCUT2D eigenvalue weighted by molar-refractivity contribution is 0.292. The number of halogens is 3. The number of aromatic nitrogens is 1. The maximum atomic E-state index is 5.80. The van der Waals surface area contributed by atoms with E-state index in [1.807, 2.05) is 24.3 Å². The van der Waals surface area contributed by atoms with Gasteiger partial charge < -0.3 is 4.74 Å². The Morgan fingerprint density at radius 2 is 1.88 bits per heavy atom. The molecule has 0 atom stereocenters. The van der Waals surface area contributed by atoms with Crippen LogP contribution in [0.3, 0.4) is 0 Å². The summed E-state index contributed by atoms with van der Waals surface area (Å²) in [6.07, 6.45) is 1.56. The fourth-order valence-corrected chi connectivity index (χ4v) is 2.26. The minimum Gasteiger partial charge on any atom is -0.472 e. The minimum atomic E-state index is 0.473. The van der Waals surface area contributed by atoms with Crippen molar-refractivity contribution in [3.05, 3.63) is 56.1 Å². The third kappa shape index (κ3) is 3.69. The Balaban J connectivity index is 2.04. The first-order chi connectivity index (χ1) is 8.15. The highest BCUT2D eigenvalue weighted by molar-refractivity contribution is 9.10. The van der Waals surface area contributed by atoms with Crippen molar-refractivity contribution < 1.29 is 4.74 Å². The van der Waals surface area contributed by atoms with E-state index in [4.69, 9.17) is 16.3 Å². The molecule has 0 aliphatic carbocycles. The second kappa shape index (κ2) is 5.85. The molecule has 0 saturated carbocycles. The van der Waals surface area contributed by atoms with Crippen LogP contribution < -0.4 is 4.74 Å². The SMILES string of the molecule is Clc1cnc(OCc2ccc(Br)cc2)c(Br)c1. The summed E-state index contributed by atoms with van der Waals surface area (Å²) >= 11 is 12.5. The Labute approximate surface area is 121 Å². The molecule has 2 rings (SSSR count). The van der Waals surface area contributed by atoms with Crippen LogP contribution in [-0.4, -0.2) is 4.98 Å². The quantitative estimate of drug-likeness (QED) is 0.764. The summed E-state index contributed by atoms with van der Waals surface area (Å²) in [4.78, 5) is 4.10. The Bertz CT molecular complexity index is 516. The summed E-state index contributed by atoms with van der Waals surface area (Å²) in [5.74, 6) is 0.539. The van der Waals surface area contributed by atoms with Gasteiger partial charge in [-0.25, -0.2) is 4.98 Å². The van der Waals surface area contributed by atoms with Gasteiger partial charge >= 0.3 is 0 Å². The standard InChI is InChI=1S/C12H8Br2ClNO/c13-9-3-1-8(2-4-9)7-17-12-11(14)5-10(15)6-16-12/h1-6H,7H2. The summed E-state index contributed by atoms with van der Waals surface area (Å²) in [5.41, 5.74) is 1.08. The second-order valence-corrected chi connectivity index (χ2v) is 5.56. The van der Waals surface area contributed by atoms with Gasteiger partial charge in [-0.15, -0.1) is 0 Å². The molecule has 2 nitrogen and oxygen atoms in total. The molecule has 0 amide bonds. The van der Waals surface area contributed by atoms with E-state index in [0.717, 1.165) is 14.5 Å². The first-order valence-corrected chi connectivity index (χ1v) is 6.80. The van der Waals surface area contributed by atoms with Crippen LogP contribution in [0.5, 0.6) is 5.88 Å². The summed E-state index contributed by atoms with van der Waals surface area (Å²) in [7, 11) is 0. The van der Waals surface area contributed by atoms with Crippen LogP contribution >= 0.6 is 43.5 Å². The number of nitrogens with zero attached hydrogens (tertiary/aromatic N) is 1. The van der Waals surface area contributed by atoms with Crippen molar-refractivity contribution in [1.29, 1.82) is 0 Å². The third-order valence-corrected chi connectivity index (χ3v) is 3.37. The van der Waals surface area contributed by atoms with E-state index < -0.39 is 0 Å². The number of hydrogen-bond acceptors (Lipinski definition) is 2. The predicted octanol–water partition coefficient (Wildman–Crippen LogP) is 4.84. The van der Waals surface area contributed by atoms with Crippen LogP contribution in [0.4, 0.5) is 0 Å². The lowest BCUT2D eigenvalue weighted by atomic mass is 10.2. The Morgan fingerprint density at radius 3 is 2.53 bits per heavy atom. The Kier molecular flexibility index (Phi) is 4.42. The van der Waals surface area contributed by atoms with Gasteiger partial charge in [-0.2, -0.15) is 0 Å². The lowest BCUT2D eigenvalue weighted by Gasteiger charge is -2.07. The van der Waals surface area contributed by atoms with Crippen molar-refractivity contribution in [2.24, 2.45) is 0 Å². The summed E-state index contributed by atoms with van der Waals surface area (Å²) in [6, 6.07) is 9.69. The zero-order chi connectivity index (χ0) is 12.3. The van der Waals surface area contributed by atoms with E-state index in [0.29, 0.717) is 17.5 Å². The van der Waals surface area contributed by atoms with Crippen molar-refractivity contribution in [3.8, 4) is 5.88 Å². The van der Waals surface area contributed by atoms with Crippen LogP contribution in [-0.2, 0) is 6.61 Å². The van der Waals surface area contributed by atoms with Crippen LogP contribution in [0.1, 0.15) is 5.56 Å². The molecule has 1 heterocycles. The molecule has 0 saturated heterocycles. The normalized spacial score (nSPS) is 10.3. The molecule has 88 valence electrons. The summed E-state index contributed by atoms with van der Waals surface area (Å²) in [6.45, 7) is 0.473. The predicted molar refractivity (Wildman–Crippen MR) is 75.4 cm³/mol. The summed E-state index contributed by atoms with van der Waals surface area (Å²) in [5, 5.41) is 0.577. The van der Waals surface area contributed by atoms with Crippen molar-refractivity contribution in [2.75, 3.05) is 0 Å². The average molecular weight is 377 g/mol. The zero-order valence-corrected chi connectivity index (χ0v) is 12.6. The molecule has 0 aliphatic rings. The minimum absolute atomic E-state index is 0.473. The summed E-state index contributed by atoms with van der Waals surface area (Å²) < 4.78 is 7.39. The number of benzene rings is 1. The van der Waals surface area contributed by atoms with Gasteiger partial charge in [-0.05, 0) is 39.7 Å². The second-order valence-electron chi connectivity index (χ2n) is 3.36. The first kappa shape index (κ1) is 12.9. The molecular formula is C12H8Br2ClNO. The largest absolute Gasteiger partial charge is 0.472 e. The van der Waals surface area contributed by atoms with E-state index in [-0.39, 0.29) is 0 Å². The van der Waals surface area contributed by atoms with Gasteiger partial charge in [0, 0.05) is 10.7 Å². The van der Waals surface area contributed by atoms with E-state index in [9.17, 15) is 0 Å². The fraction of sp³-hybridized carbons (Fsp3) is 0.0833. The Hall–Kier alpha value is -0.580. The molecule has 0 N–H and O–H groups in total. The zero-order valence-electron chi connectivity index (χ0n) is 8.66. The molecule has 0 fully saturated rings. The molecule has 17 heavy (non-hydrogen) atoms. The monoisotopic (exact) mass is 375 g/mol. The van der Waals surface area contributed by atoms with E-state index >= 15 is 0 Å². The molecule has 0 aliphatic heterocycles. The fourth-order valence-electron chi connectivity index (χ4n) is 1.24. The molecule has 0 radical (unpaired) electrons. The topological polar surface area (TPSA) is 22.1 Å². The highest BCUT2D eigenvalue weighted by Gasteiger charge is 2.04. The van der Waals surface area contributed by atoms with Gasteiger partial charge in [-0.3, -0.25) is 0 Å². The van der Waals surface area contributed by atoms with Crippen LogP contribution in [0, 0.1) is 0 Å². The number of pyridine rings is 1. The number of ether oxygens (including phenoxy) is 1. The maximum absolute atomic E-state index is 5.80. The van der Waals surface area contributed by atoms with Gasteiger partial charge in [0.05, 0.1) is 9.50 Å². The van der Waals surface area contributed by atoms with E-state index in [2.05, 4.69) is 36.8 Å².